The Balaban J connectivity index is 1.75. The summed E-state index contributed by atoms with van der Waals surface area (Å²) >= 11 is 0. The molecule has 4 heteroatoms. The Morgan fingerprint density at radius 3 is 2.83 bits per heavy atom. The number of aryl methyl sites for hydroxylation is 1. The van der Waals surface area contributed by atoms with E-state index in [1.54, 1.807) is 0 Å². The first kappa shape index (κ1) is 14.0. The van der Waals surface area contributed by atoms with Gasteiger partial charge in [-0.05, 0) is 42.1 Å². The highest BCUT2D eigenvalue weighted by Crippen LogP contribution is 2.31. The molecule has 0 saturated carbocycles. The Bertz CT molecular complexity index is 910. The smallest absolute Gasteiger partial charge is 0.258 e. The van der Waals surface area contributed by atoms with Crippen molar-refractivity contribution in [2.24, 2.45) is 5.73 Å². The monoisotopic (exact) mass is 305 g/mol. The average Bonchev–Trinajstić information content (AvgIpc) is 3.09. The van der Waals surface area contributed by atoms with Gasteiger partial charge in [0.15, 0.2) is 0 Å². The number of amides is 1. The lowest BCUT2D eigenvalue weighted by atomic mass is 10.1. The van der Waals surface area contributed by atoms with Crippen LogP contribution in [0.5, 0.6) is 0 Å². The van der Waals surface area contributed by atoms with E-state index < -0.39 is 0 Å². The van der Waals surface area contributed by atoms with Crippen molar-refractivity contribution >= 4 is 22.5 Å². The van der Waals surface area contributed by atoms with E-state index in [1.165, 1.54) is 5.39 Å². The van der Waals surface area contributed by atoms with Crippen LogP contribution in [0.25, 0.3) is 10.9 Å². The highest BCUT2D eigenvalue weighted by molar-refractivity contribution is 6.10. The van der Waals surface area contributed by atoms with Gasteiger partial charge in [0, 0.05) is 30.5 Å². The summed E-state index contributed by atoms with van der Waals surface area (Å²) in [6.07, 6.45) is 2.05. The van der Waals surface area contributed by atoms with Crippen LogP contribution in [0.2, 0.25) is 0 Å². The molecule has 0 fully saturated rings. The normalized spacial score (nSPS) is 13.8. The number of benzene rings is 2. The topological polar surface area (TPSA) is 51.3 Å². The number of rotatable bonds is 3. The molecule has 0 atom stereocenters. The van der Waals surface area contributed by atoms with E-state index >= 15 is 0 Å². The molecular formula is C19H19N3O. The van der Waals surface area contributed by atoms with Gasteiger partial charge in [0.25, 0.3) is 5.91 Å². The minimum Gasteiger partial charge on any atom is -0.346 e. The number of carbonyl (C=O) groups excluding carboxylic acids is 1. The summed E-state index contributed by atoms with van der Waals surface area (Å²) in [6, 6.07) is 14.3. The number of hydrogen-bond donors (Lipinski definition) is 1. The van der Waals surface area contributed by atoms with Crippen molar-refractivity contribution in [1.82, 2.24) is 4.57 Å². The fraction of sp³-hybridized carbons (Fsp3) is 0.211. The first-order chi connectivity index (χ1) is 11.2. The van der Waals surface area contributed by atoms with Gasteiger partial charge < -0.3 is 15.2 Å². The molecule has 0 unspecified atom stereocenters. The summed E-state index contributed by atoms with van der Waals surface area (Å²) in [5, 5.41) is 1.17. The molecular weight excluding hydrogens is 286 g/mol. The van der Waals surface area contributed by atoms with Gasteiger partial charge in [-0.25, -0.2) is 0 Å². The van der Waals surface area contributed by atoms with Crippen molar-refractivity contribution in [3.63, 3.8) is 0 Å². The van der Waals surface area contributed by atoms with E-state index in [0.29, 0.717) is 13.1 Å². The SMILES string of the molecule is Cc1ccc2c(c1)C(=O)N(c1ccc3ccn(CCN)c3c1)C2. The zero-order valence-electron chi connectivity index (χ0n) is 13.1. The standard InChI is InChI=1S/C19H19N3O/c1-13-2-3-15-12-22(19(23)17(15)10-13)16-5-4-14-6-8-21(9-7-20)18(14)11-16/h2-6,8,10-11H,7,9,12,20H2,1H3. The van der Waals surface area contributed by atoms with Gasteiger partial charge in [-0.2, -0.15) is 0 Å². The molecule has 0 aliphatic carbocycles. The number of fused-ring (bicyclic) bond motifs is 2. The number of anilines is 1. The van der Waals surface area contributed by atoms with E-state index in [4.69, 9.17) is 5.73 Å². The second kappa shape index (κ2) is 5.25. The van der Waals surface area contributed by atoms with Crippen LogP contribution in [-0.2, 0) is 13.1 Å². The number of hydrogen-bond acceptors (Lipinski definition) is 2. The summed E-state index contributed by atoms with van der Waals surface area (Å²) in [4.78, 5) is 14.6. The summed E-state index contributed by atoms with van der Waals surface area (Å²) in [5.74, 6) is 0.0833. The molecule has 23 heavy (non-hydrogen) atoms. The second-order valence-corrected chi connectivity index (χ2v) is 6.09. The van der Waals surface area contributed by atoms with E-state index in [-0.39, 0.29) is 5.91 Å². The fourth-order valence-electron chi connectivity index (χ4n) is 3.30. The zero-order valence-corrected chi connectivity index (χ0v) is 13.1. The Morgan fingerprint density at radius 2 is 2.00 bits per heavy atom. The molecule has 4 rings (SSSR count). The first-order valence-corrected chi connectivity index (χ1v) is 7.88. The lowest BCUT2D eigenvalue weighted by Crippen LogP contribution is -2.23. The lowest BCUT2D eigenvalue weighted by molar-refractivity contribution is 0.0996. The lowest BCUT2D eigenvalue weighted by Gasteiger charge is -2.16. The van der Waals surface area contributed by atoms with E-state index in [9.17, 15) is 4.79 Å². The molecule has 2 heterocycles. The van der Waals surface area contributed by atoms with Crippen LogP contribution in [-0.4, -0.2) is 17.0 Å². The number of nitrogens with two attached hydrogens (primary N) is 1. The molecule has 4 nitrogen and oxygen atoms in total. The van der Waals surface area contributed by atoms with Gasteiger partial charge in [-0.1, -0.05) is 23.8 Å². The van der Waals surface area contributed by atoms with Gasteiger partial charge in [0.1, 0.15) is 0 Å². The Morgan fingerprint density at radius 1 is 1.13 bits per heavy atom. The quantitative estimate of drug-likeness (QED) is 0.808. The minimum absolute atomic E-state index is 0.0833. The minimum atomic E-state index is 0.0833. The third-order valence-corrected chi connectivity index (χ3v) is 4.51. The maximum atomic E-state index is 12.7. The van der Waals surface area contributed by atoms with E-state index in [2.05, 4.69) is 34.9 Å². The van der Waals surface area contributed by atoms with Crippen molar-refractivity contribution < 1.29 is 4.79 Å². The third-order valence-electron chi connectivity index (χ3n) is 4.51. The number of carbonyl (C=O) groups is 1. The maximum Gasteiger partial charge on any atom is 0.258 e. The van der Waals surface area contributed by atoms with Gasteiger partial charge in [-0.3, -0.25) is 4.79 Å². The molecule has 2 aromatic carbocycles. The molecule has 0 saturated heterocycles. The van der Waals surface area contributed by atoms with Crippen LogP contribution in [0.3, 0.4) is 0 Å². The molecule has 2 N–H and O–H groups in total. The fourth-order valence-corrected chi connectivity index (χ4v) is 3.30. The van der Waals surface area contributed by atoms with Crippen molar-refractivity contribution in [3.8, 4) is 0 Å². The highest BCUT2D eigenvalue weighted by atomic mass is 16.2. The van der Waals surface area contributed by atoms with Gasteiger partial charge in [0.05, 0.1) is 12.1 Å². The van der Waals surface area contributed by atoms with Gasteiger partial charge >= 0.3 is 0 Å². The molecule has 1 aromatic heterocycles. The average molecular weight is 305 g/mol. The summed E-state index contributed by atoms with van der Waals surface area (Å²) in [5.41, 5.74) is 10.8. The van der Waals surface area contributed by atoms with Crippen molar-refractivity contribution in [1.29, 1.82) is 0 Å². The van der Waals surface area contributed by atoms with Crippen LogP contribution in [0.4, 0.5) is 5.69 Å². The molecule has 0 spiro atoms. The first-order valence-electron chi connectivity index (χ1n) is 7.88. The molecule has 1 aliphatic rings. The predicted molar refractivity (Wildman–Crippen MR) is 92.7 cm³/mol. The van der Waals surface area contributed by atoms with E-state index in [0.717, 1.165) is 34.4 Å². The highest BCUT2D eigenvalue weighted by Gasteiger charge is 2.28. The largest absolute Gasteiger partial charge is 0.346 e. The number of aromatic nitrogens is 1. The van der Waals surface area contributed by atoms with Crippen LogP contribution >= 0.6 is 0 Å². The van der Waals surface area contributed by atoms with Crippen LogP contribution in [0.1, 0.15) is 21.5 Å². The zero-order chi connectivity index (χ0) is 16.0. The van der Waals surface area contributed by atoms with Crippen LogP contribution < -0.4 is 10.6 Å². The van der Waals surface area contributed by atoms with Crippen LogP contribution in [0, 0.1) is 6.92 Å². The van der Waals surface area contributed by atoms with Gasteiger partial charge in [0.2, 0.25) is 0 Å². The number of nitrogens with zero attached hydrogens (tertiary/aromatic N) is 2. The summed E-state index contributed by atoms with van der Waals surface area (Å²) < 4.78 is 2.14. The molecule has 3 aromatic rings. The maximum absolute atomic E-state index is 12.7. The van der Waals surface area contributed by atoms with Crippen molar-refractivity contribution in [3.05, 3.63) is 65.4 Å². The van der Waals surface area contributed by atoms with Gasteiger partial charge in [-0.15, -0.1) is 0 Å². The molecule has 116 valence electrons. The molecule has 1 amide bonds. The third kappa shape index (κ3) is 2.23. The Kier molecular flexibility index (Phi) is 3.20. The van der Waals surface area contributed by atoms with E-state index in [1.807, 2.05) is 30.2 Å². The van der Waals surface area contributed by atoms with Crippen molar-refractivity contribution in [2.75, 3.05) is 11.4 Å². The predicted octanol–water partition coefficient (Wildman–Crippen LogP) is 3.07. The molecule has 0 radical (unpaired) electrons. The Hall–Kier alpha value is -2.59. The Labute approximate surface area is 135 Å². The van der Waals surface area contributed by atoms with Crippen LogP contribution in [0.15, 0.2) is 48.7 Å². The van der Waals surface area contributed by atoms with Crippen molar-refractivity contribution in [2.45, 2.75) is 20.0 Å². The molecule has 0 bridgehead atoms. The summed E-state index contributed by atoms with van der Waals surface area (Å²) in [7, 11) is 0. The second-order valence-electron chi connectivity index (χ2n) is 6.09. The summed E-state index contributed by atoms with van der Waals surface area (Å²) in [6.45, 7) is 4.03. The molecule has 1 aliphatic heterocycles.